The monoisotopic (exact) mass is 375 g/mol. The van der Waals surface area contributed by atoms with Gasteiger partial charge < -0.3 is 14.7 Å². The van der Waals surface area contributed by atoms with Gasteiger partial charge in [-0.25, -0.2) is 0 Å². The van der Waals surface area contributed by atoms with E-state index in [0.717, 1.165) is 22.4 Å². The van der Waals surface area contributed by atoms with Gasteiger partial charge in [-0.15, -0.1) is 0 Å². The van der Waals surface area contributed by atoms with Crippen LogP contribution in [0.5, 0.6) is 11.5 Å². The van der Waals surface area contributed by atoms with Crippen molar-refractivity contribution < 1.29 is 14.7 Å². The molecule has 0 saturated heterocycles. The Kier molecular flexibility index (Phi) is 6.68. The van der Waals surface area contributed by atoms with Crippen molar-refractivity contribution in [3.05, 3.63) is 95.1 Å². The van der Waals surface area contributed by atoms with Crippen molar-refractivity contribution in [3.63, 3.8) is 0 Å². The largest absolute Gasteiger partial charge is 0.488 e. The maximum Gasteiger partial charge on any atom is 0.132 e. The molecule has 3 aromatic carbocycles. The first kappa shape index (κ1) is 19.5. The van der Waals surface area contributed by atoms with Crippen LogP contribution in [0.4, 0.5) is 0 Å². The van der Waals surface area contributed by atoms with Crippen LogP contribution in [0.3, 0.4) is 0 Å². The molecule has 1 N–H and O–H groups in total. The first-order valence-corrected chi connectivity index (χ1v) is 9.36. The third-order valence-electron chi connectivity index (χ3n) is 4.44. The van der Waals surface area contributed by atoms with E-state index >= 15 is 0 Å². The summed E-state index contributed by atoms with van der Waals surface area (Å²) >= 11 is 0. The minimum Gasteiger partial charge on any atom is -0.488 e. The van der Waals surface area contributed by atoms with Gasteiger partial charge in [0.1, 0.15) is 24.7 Å². The summed E-state index contributed by atoms with van der Waals surface area (Å²) in [5.41, 5.74) is 3.92. The highest BCUT2D eigenvalue weighted by atomic mass is 16.5. The first-order chi connectivity index (χ1) is 13.7. The summed E-state index contributed by atoms with van der Waals surface area (Å²) in [5, 5.41) is 12.3. The van der Waals surface area contributed by atoms with Crippen LogP contribution in [0, 0.1) is 0 Å². The quantitative estimate of drug-likeness (QED) is 0.309. The van der Waals surface area contributed by atoms with Crippen LogP contribution in [-0.2, 0) is 13.2 Å². The van der Waals surface area contributed by atoms with E-state index in [1.807, 2.05) is 72.8 Å². The highest BCUT2D eigenvalue weighted by Crippen LogP contribution is 2.34. The SMILES string of the molecule is CC(C)c1cc(C=NO)c(OCc2ccccc2)cc1OCc1ccccc1. The third-order valence-corrected chi connectivity index (χ3v) is 4.44. The highest BCUT2D eigenvalue weighted by Gasteiger charge is 2.15. The zero-order valence-corrected chi connectivity index (χ0v) is 16.2. The molecule has 0 heterocycles. The minimum absolute atomic E-state index is 0.250. The van der Waals surface area contributed by atoms with E-state index < -0.39 is 0 Å². The second-order valence-corrected chi connectivity index (χ2v) is 6.88. The number of nitrogens with zero attached hydrogens (tertiary/aromatic N) is 1. The van der Waals surface area contributed by atoms with Gasteiger partial charge in [-0.2, -0.15) is 0 Å². The summed E-state index contributed by atoms with van der Waals surface area (Å²) in [6.45, 7) is 5.11. The Morgan fingerprint density at radius 2 is 1.36 bits per heavy atom. The summed E-state index contributed by atoms with van der Waals surface area (Å²) in [4.78, 5) is 0. The molecule has 0 radical (unpaired) electrons. The van der Waals surface area contributed by atoms with E-state index in [2.05, 4.69) is 19.0 Å². The predicted molar refractivity (Wildman–Crippen MR) is 111 cm³/mol. The van der Waals surface area contributed by atoms with E-state index in [9.17, 15) is 0 Å². The Balaban J connectivity index is 1.88. The molecule has 0 unspecified atom stereocenters. The molecule has 0 spiro atoms. The topological polar surface area (TPSA) is 51.1 Å². The number of rotatable bonds is 8. The van der Waals surface area contributed by atoms with Gasteiger partial charge in [-0.3, -0.25) is 0 Å². The van der Waals surface area contributed by atoms with Crippen molar-refractivity contribution in [3.8, 4) is 11.5 Å². The molecule has 3 rings (SSSR count). The Bertz CT molecular complexity index is 906. The van der Waals surface area contributed by atoms with Gasteiger partial charge in [0, 0.05) is 11.6 Å². The zero-order chi connectivity index (χ0) is 19.8. The zero-order valence-electron chi connectivity index (χ0n) is 16.2. The lowest BCUT2D eigenvalue weighted by atomic mass is 9.99. The minimum atomic E-state index is 0.250. The molecule has 28 heavy (non-hydrogen) atoms. The maximum atomic E-state index is 9.06. The molecule has 4 heteroatoms. The Morgan fingerprint density at radius 3 is 1.86 bits per heavy atom. The molecule has 0 aliphatic rings. The average Bonchev–Trinajstić information content (AvgIpc) is 2.73. The van der Waals surface area contributed by atoms with Crippen molar-refractivity contribution in [2.75, 3.05) is 0 Å². The lowest BCUT2D eigenvalue weighted by Crippen LogP contribution is -2.04. The van der Waals surface area contributed by atoms with Gasteiger partial charge in [0.15, 0.2) is 0 Å². The molecular weight excluding hydrogens is 350 g/mol. The van der Waals surface area contributed by atoms with Gasteiger partial charge >= 0.3 is 0 Å². The van der Waals surface area contributed by atoms with Crippen molar-refractivity contribution >= 4 is 6.21 Å². The fraction of sp³-hybridized carbons (Fsp3) is 0.208. The maximum absolute atomic E-state index is 9.06. The van der Waals surface area contributed by atoms with E-state index in [1.54, 1.807) is 0 Å². The van der Waals surface area contributed by atoms with Gasteiger partial charge in [0.25, 0.3) is 0 Å². The van der Waals surface area contributed by atoms with Crippen LogP contribution < -0.4 is 9.47 Å². The van der Waals surface area contributed by atoms with E-state index in [-0.39, 0.29) is 5.92 Å². The molecule has 4 nitrogen and oxygen atoms in total. The molecule has 0 bridgehead atoms. The van der Waals surface area contributed by atoms with E-state index in [0.29, 0.717) is 24.5 Å². The van der Waals surface area contributed by atoms with Crippen molar-refractivity contribution in [1.29, 1.82) is 0 Å². The molecule has 0 atom stereocenters. The van der Waals surface area contributed by atoms with Crippen LogP contribution in [0.1, 0.15) is 42.0 Å². The first-order valence-electron chi connectivity index (χ1n) is 9.36. The smallest absolute Gasteiger partial charge is 0.132 e. The second kappa shape index (κ2) is 9.60. The summed E-state index contributed by atoms with van der Waals surface area (Å²) in [7, 11) is 0. The Morgan fingerprint density at radius 1 is 0.821 bits per heavy atom. The molecule has 0 fully saturated rings. The fourth-order valence-electron chi connectivity index (χ4n) is 2.93. The van der Waals surface area contributed by atoms with Crippen LogP contribution >= 0.6 is 0 Å². The lowest BCUT2D eigenvalue weighted by molar-refractivity contribution is 0.286. The summed E-state index contributed by atoms with van der Waals surface area (Å²) < 4.78 is 12.1. The highest BCUT2D eigenvalue weighted by molar-refractivity contribution is 5.84. The van der Waals surface area contributed by atoms with Gasteiger partial charge in [0.2, 0.25) is 0 Å². The van der Waals surface area contributed by atoms with Gasteiger partial charge in [-0.05, 0) is 28.7 Å². The number of oxime groups is 1. The second-order valence-electron chi connectivity index (χ2n) is 6.88. The van der Waals surface area contributed by atoms with Gasteiger partial charge in [-0.1, -0.05) is 79.7 Å². The molecule has 144 valence electrons. The molecule has 0 aromatic heterocycles. The summed E-state index contributed by atoms with van der Waals surface area (Å²) in [6, 6.07) is 23.9. The van der Waals surface area contributed by atoms with Crippen molar-refractivity contribution in [1.82, 2.24) is 0 Å². The Hall–Kier alpha value is -3.27. The average molecular weight is 375 g/mol. The normalized spacial score (nSPS) is 11.1. The van der Waals surface area contributed by atoms with Crippen molar-refractivity contribution in [2.45, 2.75) is 33.0 Å². The molecular formula is C24H25NO3. The van der Waals surface area contributed by atoms with Crippen molar-refractivity contribution in [2.24, 2.45) is 5.16 Å². The molecule has 0 aliphatic heterocycles. The number of benzene rings is 3. The van der Waals surface area contributed by atoms with Crippen LogP contribution in [-0.4, -0.2) is 11.4 Å². The standard InChI is InChI=1S/C24H25NO3/c1-18(2)22-13-21(15-25-26)23(27-16-19-9-5-3-6-10-19)14-24(22)28-17-20-11-7-4-8-12-20/h3-15,18,26H,16-17H2,1-2H3. The van der Waals surface area contributed by atoms with E-state index in [4.69, 9.17) is 14.7 Å². The Labute approximate surface area is 166 Å². The molecule has 3 aromatic rings. The molecule has 0 aliphatic carbocycles. The third kappa shape index (κ3) is 5.13. The van der Waals surface area contributed by atoms with Crippen LogP contribution in [0.15, 0.2) is 78.0 Å². The molecule has 0 saturated carbocycles. The summed E-state index contributed by atoms with van der Waals surface area (Å²) in [6.07, 6.45) is 1.40. The van der Waals surface area contributed by atoms with Crippen LogP contribution in [0.25, 0.3) is 0 Å². The van der Waals surface area contributed by atoms with Gasteiger partial charge in [0.05, 0.1) is 6.21 Å². The van der Waals surface area contributed by atoms with E-state index in [1.165, 1.54) is 6.21 Å². The fourth-order valence-corrected chi connectivity index (χ4v) is 2.93. The predicted octanol–water partition coefficient (Wildman–Crippen LogP) is 5.78. The summed E-state index contributed by atoms with van der Waals surface area (Å²) in [5.74, 6) is 1.64. The number of hydrogen-bond donors (Lipinski definition) is 1. The van der Waals surface area contributed by atoms with Crippen LogP contribution in [0.2, 0.25) is 0 Å². The number of hydrogen-bond acceptors (Lipinski definition) is 4. The lowest BCUT2D eigenvalue weighted by Gasteiger charge is -2.18. The number of ether oxygens (including phenoxy) is 2. The molecule has 0 amide bonds.